The summed E-state index contributed by atoms with van der Waals surface area (Å²) in [4.78, 5) is 0. The monoisotopic (exact) mass is 281 g/mol. The Kier molecular flexibility index (Phi) is 4.26. The van der Waals surface area contributed by atoms with Gasteiger partial charge in [-0.05, 0) is 43.4 Å². The molecule has 0 heterocycles. The van der Waals surface area contributed by atoms with Crippen LogP contribution in [0.4, 0.5) is 0 Å². The fourth-order valence-electron chi connectivity index (χ4n) is 3.24. The predicted molar refractivity (Wildman–Crippen MR) is 86.7 cm³/mol. The van der Waals surface area contributed by atoms with Crippen LogP contribution in [-0.2, 0) is 13.0 Å². The summed E-state index contributed by atoms with van der Waals surface area (Å²) in [6.45, 7) is 2.97. The largest absolute Gasteiger partial charge is 0.496 e. The second-order valence-corrected chi connectivity index (χ2v) is 5.84. The molecule has 3 rings (SSSR count). The van der Waals surface area contributed by atoms with E-state index in [1.165, 1.54) is 41.5 Å². The van der Waals surface area contributed by atoms with Gasteiger partial charge in [0.25, 0.3) is 0 Å². The topological polar surface area (TPSA) is 21.3 Å². The number of hydrogen-bond acceptors (Lipinski definition) is 2. The van der Waals surface area contributed by atoms with E-state index in [4.69, 9.17) is 4.74 Å². The molecule has 1 aliphatic carbocycles. The van der Waals surface area contributed by atoms with Crippen molar-refractivity contribution in [3.63, 3.8) is 0 Å². The maximum atomic E-state index is 5.47. The summed E-state index contributed by atoms with van der Waals surface area (Å²) in [6.07, 6.45) is 3.69. The lowest BCUT2D eigenvalue weighted by Gasteiger charge is -2.26. The van der Waals surface area contributed by atoms with Crippen LogP contribution in [0.3, 0.4) is 0 Å². The highest BCUT2D eigenvalue weighted by molar-refractivity contribution is 5.37. The highest BCUT2D eigenvalue weighted by Gasteiger charge is 2.19. The molecule has 2 heteroatoms. The Balaban J connectivity index is 1.76. The molecular weight excluding hydrogens is 258 g/mol. The number of fused-ring (bicyclic) bond motifs is 1. The van der Waals surface area contributed by atoms with Gasteiger partial charge in [0, 0.05) is 18.2 Å². The fraction of sp³-hybridized carbons (Fsp3) is 0.368. The SMILES string of the molecule is COc1ccc(C)cc1CNC1CCCc2ccccc21. The van der Waals surface area contributed by atoms with Crippen LogP contribution in [0.5, 0.6) is 5.75 Å². The van der Waals surface area contributed by atoms with Crippen LogP contribution < -0.4 is 10.1 Å². The second-order valence-electron chi connectivity index (χ2n) is 5.84. The number of methoxy groups -OCH3 is 1. The van der Waals surface area contributed by atoms with E-state index in [-0.39, 0.29) is 0 Å². The molecule has 0 spiro atoms. The molecule has 0 amide bonds. The van der Waals surface area contributed by atoms with E-state index in [1.54, 1.807) is 7.11 Å². The Bertz CT molecular complexity index is 621. The molecule has 1 N–H and O–H groups in total. The van der Waals surface area contributed by atoms with Gasteiger partial charge in [-0.15, -0.1) is 0 Å². The summed E-state index contributed by atoms with van der Waals surface area (Å²) in [5.41, 5.74) is 5.48. The molecule has 21 heavy (non-hydrogen) atoms. The van der Waals surface area contributed by atoms with Crippen molar-refractivity contribution in [3.8, 4) is 5.75 Å². The Hall–Kier alpha value is -1.80. The molecule has 0 saturated heterocycles. The first kappa shape index (κ1) is 14.2. The standard InChI is InChI=1S/C19H23NO/c1-14-10-11-19(21-2)16(12-14)13-20-18-9-5-7-15-6-3-4-8-17(15)18/h3-4,6,8,10-12,18,20H,5,7,9,13H2,1-2H3. The van der Waals surface area contributed by atoms with Crippen molar-refractivity contribution in [3.05, 3.63) is 64.7 Å². The molecule has 1 atom stereocenters. The van der Waals surface area contributed by atoms with Gasteiger partial charge in [0.2, 0.25) is 0 Å². The minimum Gasteiger partial charge on any atom is -0.496 e. The maximum Gasteiger partial charge on any atom is 0.123 e. The smallest absolute Gasteiger partial charge is 0.123 e. The molecule has 1 unspecified atom stereocenters. The fourth-order valence-corrected chi connectivity index (χ4v) is 3.24. The Morgan fingerprint density at radius 2 is 2.05 bits per heavy atom. The number of benzene rings is 2. The second kappa shape index (κ2) is 6.31. The Morgan fingerprint density at radius 3 is 2.90 bits per heavy atom. The molecule has 0 aliphatic heterocycles. The first-order valence-electron chi connectivity index (χ1n) is 7.72. The van der Waals surface area contributed by atoms with Gasteiger partial charge in [-0.3, -0.25) is 0 Å². The van der Waals surface area contributed by atoms with Crippen molar-refractivity contribution in [1.82, 2.24) is 5.32 Å². The van der Waals surface area contributed by atoms with Gasteiger partial charge in [0.1, 0.15) is 5.75 Å². The summed E-state index contributed by atoms with van der Waals surface area (Å²) in [5.74, 6) is 0.970. The first-order valence-corrected chi connectivity index (χ1v) is 7.72. The molecule has 2 nitrogen and oxygen atoms in total. The molecule has 0 aromatic heterocycles. The molecule has 2 aromatic rings. The molecule has 0 radical (unpaired) electrons. The van der Waals surface area contributed by atoms with Gasteiger partial charge in [-0.25, -0.2) is 0 Å². The number of hydrogen-bond donors (Lipinski definition) is 1. The molecule has 1 aliphatic rings. The average Bonchev–Trinajstić information content (AvgIpc) is 2.53. The van der Waals surface area contributed by atoms with Crippen LogP contribution in [-0.4, -0.2) is 7.11 Å². The summed E-state index contributed by atoms with van der Waals surface area (Å²) >= 11 is 0. The van der Waals surface area contributed by atoms with Crippen LogP contribution in [0, 0.1) is 6.92 Å². The minimum absolute atomic E-state index is 0.458. The maximum absolute atomic E-state index is 5.47. The summed E-state index contributed by atoms with van der Waals surface area (Å²) in [7, 11) is 1.74. The zero-order valence-corrected chi connectivity index (χ0v) is 12.9. The highest BCUT2D eigenvalue weighted by atomic mass is 16.5. The van der Waals surface area contributed by atoms with Crippen molar-refractivity contribution >= 4 is 0 Å². The number of ether oxygens (including phenoxy) is 1. The van der Waals surface area contributed by atoms with Gasteiger partial charge in [-0.1, -0.05) is 42.0 Å². The van der Waals surface area contributed by atoms with Crippen molar-refractivity contribution in [1.29, 1.82) is 0 Å². The third kappa shape index (κ3) is 3.11. The van der Waals surface area contributed by atoms with Gasteiger partial charge >= 0.3 is 0 Å². The summed E-state index contributed by atoms with van der Waals surface area (Å²) in [5, 5.41) is 3.72. The van der Waals surface area contributed by atoms with Crippen LogP contribution in [0.2, 0.25) is 0 Å². The molecule has 0 fully saturated rings. The van der Waals surface area contributed by atoms with Crippen LogP contribution in [0.1, 0.15) is 41.1 Å². The predicted octanol–water partition coefficient (Wildman–Crippen LogP) is 4.17. The van der Waals surface area contributed by atoms with E-state index < -0.39 is 0 Å². The van der Waals surface area contributed by atoms with E-state index in [1.807, 2.05) is 0 Å². The lowest BCUT2D eigenvalue weighted by molar-refractivity contribution is 0.401. The Morgan fingerprint density at radius 1 is 1.19 bits per heavy atom. The summed E-state index contributed by atoms with van der Waals surface area (Å²) < 4.78 is 5.47. The summed E-state index contributed by atoms with van der Waals surface area (Å²) in [6, 6.07) is 15.6. The van der Waals surface area contributed by atoms with Crippen LogP contribution in [0.15, 0.2) is 42.5 Å². The van der Waals surface area contributed by atoms with Crippen molar-refractivity contribution in [2.45, 2.75) is 38.8 Å². The zero-order chi connectivity index (χ0) is 14.7. The Labute approximate surface area is 127 Å². The number of nitrogens with one attached hydrogen (secondary N) is 1. The van der Waals surface area contributed by atoms with E-state index >= 15 is 0 Å². The zero-order valence-electron chi connectivity index (χ0n) is 12.9. The van der Waals surface area contributed by atoms with Crippen LogP contribution in [0.25, 0.3) is 0 Å². The number of rotatable bonds is 4. The number of aryl methyl sites for hydroxylation is 2. The van der Waals surface area contributed by atoms with Gasteiger partial charge in [-0.2, -0.15) is 0 Å². The van der Waals surface area contributed by atoms with E-state index in [0.717, 1.165) is 12.3 Å². The van der Waals surface area contributed by atoms with E-state index in [2.05, 4.69) is 54.7 Å². The third-order valence-corrected chi connectivity index (χ3v) is 4.34. The molecule has 2 aromatic carbocycles. The van der Waals surface area contributed by atoms with E-state index in [9.17, 15) is 0 Å². The first-order chi connectivity index (χ1) is 10.3. The van der Waals surface area contributed by atoms with Gasteiger partial charge in [0.05, 0.1) is 7.11 Å². The molecular formula is C19H23NO. The lowest BCUT2D eigenvalue weighted by Crippen LogP contribution is -2.25. The molecule has 110 valence electrons. The molecule has 0 saturated carbocycles. The van der Waals surface area contributed by atoms with Crippen molar-refractivity contribution in [2.75, 3.05) is 7.11 Å². The lowest BCUT2D eigenvalue weighted by atomic mass is 9.87. The van der Waals surface area contributed by atoms with Gasteiger partial charge < -0.3 is 10.1 Å². The van der Waals surface area contributed by atoms with Crippen LogP contribution >= 0.6 is 0 Å². The van der Waals surface area contributed by atoms with Crippen molar-refractivity contribution < 1.29 is 4.74 Å². The molecule has 0 bridgehead atoms. The minimum atomic E-state index is 0.458. The normalized spacial score (nSPS) is 17.3. The third-order valence-electron chi connectivity index (χ3n) is 4.34. The quantitative estimate of drug-likeness (QED) is 0.908. The van der Waals surface area contributed by atoms with Gasteiger partial charge in [0.15, 0.2) is 0 Å². The highest BCUT2D eigenvalue weighted by Crippen LogP contribution is 2.30. The van der Waals surface area contributed by atoms with E-state index in [0.29, 0.717) is 6.04 Å². The van der Waals surface area contributed by atoms with Crippen molar-refractivity contribution in [2.24, 2.45) is 0 Å². The average molecular weight is 281 g/mol.